The van der Waals surface area contributed by atoms with E-state index in [2.05, 4.69) is 9.97 Å². The quantitative estimate of drug-likeness (QED) is 0.547. The Labute approximate surface area is 185 Å². The van der Waals surface area contributed by atoms with Crippen molar-refractivity contribution in [3.8, 4) is 17.3 Å². The van der Waals surface area contributed by atoms with E-state index in [4.69, 9.17) is 22.1 Å². The van der Waals surface area contributed by atoms with Crippen LogP contribution in [0.5, 0.6) is 6.01 Å². The minimum atomic E-state index is -4.24. The molecular weight excluding hydrogens is 427 g/mol. The van der Waals surface area contributed by atoms with Gasteiger partial charge in [-0.15, -0.1) is 0 Å². The molecule has 2 unspecified atom stereocenters. The molecule has 2 atom stereocenters. The Hall–Kier alpha value is -2.12. The molecule has 1 aromatic heterocycles. The molecular formula is C23H27ClF3N3O. The molecule has 0 saturated heterocycles. The average molecular weight is 454 g/mol. The highest BCUT2D eigenvalue weighted by Crippen LogP contribution is 2.48. The van der Waals surface area contributed by atoms with Gasteiger partial charge in [0.25, 0.3) is 0 Å². The van der Waals surface area contributed by atoms with Crippen LogP contribution in [0.1, 0.15) is 55.8 Å². The van der Waals surface area contributed by atoms with Gasteiger partial charge in [0.2, 0.25) is 0 Å². The average Bonchev–Trinajstić information content (AvgIpc) is 2.73. The number of hydrogen-bond donors (Lipinski definition) is 1. The van der Waals surface area contributed by atoms with Crippen LogP contribution in [-0.4, -0.2) is 23.3 Å². The van der Waals surface area contributed by atoms with E-state index >= 15 is 0 Å². The first-order valence-electron chi connectivity index (χ1n) is 10.2. The van der Waals surface area contributed by atoms with Crippen molar-refractivity contribution in [2.24, 2.45) is 11.7 Å². The Bertz CT molecular complexity index is 1000. The van der Waals surface area contributed by atoms with Crippen molar-refractivity contribution < 1.29 is 17.9 Å². The SMILES string of the molecule is COc1nc(-c2cc(CN)ccc2Cl)c(C)c(C2CCC(C(F)(F)F)C(=C(C)C)C2)n1. The fourth-order valence-corrected chi connectivity index (χ4v) is 4.55. The molecule has 0 aliphatic heterocycles. The van der Waals surface area contributed by atoms with Crippen molar-refractivity contribution >= 4 is 11.6 Å². The van der Waals surface area contributed by atoms with Crippen LogP contribution in [0.25, 0.3) is 11.3 Å². The lowest BCUT2D eigenvalue weighted by atomic mass is 9.74. The van der Waals surface area contributed by atoms with Gasteiger partial charge in [0, 0.05) is 23.0 Å². The zero-order valence-corrected chi connectivity index (χ0v) is 18.9. The van der Waals surface area contributed by atoms with E-state index in [0.29, 0.717) is 52.5 Å². The first-order valence-corrected chi connectivity index (χ1v) is 10.6. The van der Waals surface area contributed by atoms with Gasteiger partial charge in [-0.25, -0.2) is 0 Å². The van der Waals surface area contributed by atoms with E-state index in [0.717, 1.165) is 11.1 Å². The number of hydrogen-bond acceptors (Lipinski definition) is 4. The van der Waals surface area contributed by atoms with E-state index in [1.54, 1.807) is 19.9 Å². The summed E-state index contributed by atoms with van der Waals surface area (Å²) < 4.78 is 46.1. The number of allylic oxidation sites excluding steroid dienone is 2. The van der Waals surface area contributed by atoms with E-state index in [9.17, 15) is 13.2 Å². The van der Waals surface area contributed by atoms with Gasteiger partial charge in [-0.2, -0.15) is 23.1 Å². The van der Waals surface area contributed by atoms with Crippen LogP contribution in [0, 0.1) is 12.8 Å². The summed E-state index contributed by atoms with van der Waals surface area (Å²) in [7, 11) is 1.47. The summed E-state index contributed by atoms with van der Waals surface area (Å²) in [6.07, 6.45) is -3.50. The predicted octanol–water partition coefficient (Wildman–Crippen LogP) is 6.36. The van der Waals surface area contributed by atoms with Gasteiger partial charge in [0.15, 0.2) is 0 Å². The molecule has 1 saturated carbocycles. The van der Waals surface area contributed by atoms with Crippen molar-refractivity contribution in [2.75, 3.05) is 7.11 Å². The van der Waals surface area contributed by atoms with Gasteiger partial charge < -0.3 is 10.5 Å². The van der Waals surface area contributed by atoms with Crippen LogP contribution in [-0.2, 0) is 6.54 Å². The van der Waals surface area contributed by atoms with Gasteiger partial charge in [-0.1, -0.05) is 28.8 Å². The van der Waals surface area contributed by atoms with Crippen LogP contribution >= 0.6 is 11.6 Å². The maximum absolute atomic E-state index is 13.6. The van der Waals surface area contributed by atoms with Crippen LogP contribution in [0.3, 0.4) is 0 Å². The monoisotopic (exact) mass is 453 g/mol. The van der Waals surface area contributed by atoms with Gasteiger partial charge in [-0.05, 0) is 63.3 Å². The zero-order chi connectivity index (χ0) is 22.9. The Morgan fingerprint density at radius 2 is 1.94 bits per heavy atom. The van der Waals surface area contributed by atoms with E-state index in [1.165, 1.54) is 7.11 Å². The summed E-state index contributed by atoms with van der Waals surface area (Å²) >= 11 is 6.45. The predicted molar refractivity (Wildman–Crippen MR) is 116 cm³/mol. The van der Waals surface area contributed by atoms with Gasteiger partial charge >= 0.3 is 12.2 Å². The Balaban J connectivity index is 2.09. The lowest BCUT2D eigenvalue weighted by molar-refractivity contribution is -0.169. The largest absolute Gasteiger partial charge is 0.467 e. The third-order valence-electron chi connectivity index (χ3n) is 5.98. The maximum atomic E-state index is 13.6. The molecule has 8 heteroatoms. The Morgan fingerprint density at radius 1 is 1.23 bits per heavy atom. The second-order valence-electron chi connectivity index (χ2n) is 8.19. The molecule has 0 spiro atoms. The molecule has 1 aliphatic rings. The second-order valence-corrected chi connectivity index (χ2v) is 8.59. The smallest absolute Gasteiger partial charge is 0.395 e. The number of rotatable bonds is 4. The fourth-order valence-electron chi connectivity index (χ4n) is 4.34. The van der Waals surface area contributed by atoms with Crippen molar-refractivity contribution in [1.82, 2.24) is 9.97 Å². The molecule has 1 aromatic carbocycles. The molecule has 1 aliphatic carbocycles. The highest BCUT2D eigenvalue weighted by atomic mass is 35.5. The van der Waals surface area contributed by atoms with Gasteiger partial charge in [-0.3, -0.25) is 0 Å². The number of ether oxygens (including phenoxy) is 1. The minimum absolute atomic E-state index is 0.0409. The molecule has 0 bridgehead atoms. The molecule has 31 heavy (non-hydrogen) atoms. The number of nitrogens with zero attached hydrogens (tertiary/aromatic N) is 2. The molecule has 0 radical (unpaired) electrons. The number of methoxy groups -OCH3 is 1. The minimum Gasteiger partial charge on any atom is -0.467 e. The number of alkyl halides is 3. The summed E-state index contributed by atoms with van der Waals surface area (Å²) in [6.45, 7) is 5.72. The summed E-state index contributed by atoms with van der Waals surface area (Å²) in [6, 6.07) is 5.66. The number of nitrogens with two attached hydrogens (primary N) is 1. The van der Waals surface area contributed by atoms with Crippen LogP contribution in [0.15, 0.2) is 29.3 Å². The fraction of sp³-hybridized carbons (Fsp3) is 0.478. The molecule has 0 amide bonds. The van der Waals surface area contributed by atoms with Crippen LogP contribution < -0.4 is 10.5 Å². The van der Waals surface area contributed by atoms with E-state index in [-0.39, 0.29) is 18.3 Å². The molecule has 1 heterocycles. The van der Waals surface area contributed by atoms with Crippen molar-refractivity contribution in [1.29, 1.82) is 0 Å². The number of halogens is 4. The van der Waals surface area contributed by atoms with Crippen molar-refractivity contribution in [3.05, 3.63) is 51.2 Å². The summed E-state index contributed by atoms with van der Waals surface area (Å²) in [5, 5.41) is 0.512. The first kappa shape index (κ1) is 23.5. The zero-order valence-electron chi connectivity index (χ0n) is 18.1. The van der Waals surface area contributed by atoms with Crippen LogP contribution in [0.2, 0.25) is 5.02 Å². The standard InChI is InChI=1S/C23H27ClF3N3O/c1-12(2)16-10-15(6-7-18(16)23(25,26)27)20-13(3)21(30-22(29-20)31-4)17-9-14(11-28)5-8-19(17)24/h5,8-9,15,18H,6-7,10-11,28H2,1-4H3. The highest BCUT2D eigenvalue weighted by molar-refractivity contribution is 6.33. The summed E-state index contributed by atoms with van der Waals surface area (Å²) in [5.74, 6) is -1.55. The number of aromatic nitrogens is 2. The van der Waals surface area contributed by atoms with E-state index < -0.39 is 12.1 Å². The van der Waals surface area contributed by atoms with Gasteiger partial charge in [0.1, 0.15) is 0 Å². The summed E-state index contributed by atoms with van der Waals surface area (Å²) in [5.41, 5.74) is 10.7. The Morgan fingerprint density at radius 3 is 2.52 bits per heavy atom. The van der Waals surface area contributed by atoms with Crippen molar-refractivity contribution in [2.45, 2.75) is 58.7 Å². The third kappa shape index (κ3) is 4.88. The summed E-state index contributed by atoms with van der Waals surface area (Å²) in [4.78, 5) is 9.06. The molecule has 1 fully saturated rings. The molecule has 2 N–H and O–H groups in total. The lowest BCUT2D eigenvalue weighted by Gasteiger charge is -2.34. The Kier molecular flexibility index (Phi) is 6.96. The maximum Gasteiger partial charge on any atom is 0.395 e. The van der Waals surface area contributed by atoms with E-state index in [1.807, 2.05) is 19.1 Å². The van der Waals surface area contributed by atoms with Gasteiger partial charge in [0.05, 0.1) is 24.4 Å². The highest BCUT2D eigenvalue weighted by Gasteiger charge is 2.45. The lowest BCUT2D eigenvalue weighted by Crippen LogP contribution is -2.30. The topological polar surface area (TPSA) is 61.0 Å². The normalized spacial score (nSPS) is 19.5. The van der Waals surface area contributed by atoms with Crippen LogP contribution in [0.4, 0.5) is 13.2 Å². The first-order chi connectivity index (χ1) is 14.6. The third-order valence-corrected chi connectivity index (χ3v) is 6.31. The van der Waals surface area contributed by atoms with Crippen molar-refractivity contribution in [3.63, 3.8) is 0 Å². The second kappa shape index (κ2) is 9.17. The molecule has 2 aromatic rings. The molecule has 3 rings (SSSR count). The molecule has 4 nitrogen and oxygen atoms in total. The molecule has 168 valence electrons. The number of benzene rings is 1.